The van der Waals surface area contributed by atoms with Gasteiger partial charge < -0.3 is 4.57 Å². The lowest BCUT2D eigenvalue weighted by molar-refractivity contribution is 0.709. The summed E-state index contributed by atoms with van der Waals surface area (Å²) in [5.74, 6) is 0.807. The van der Waals surface area contributed by atoms with Crippen molar-refractivity contribution in [3.05, 3.63) is 83.1 Å². The van der Waals surface area contributed by atoms with E-state index in [9.17, 15) is 0 Å². The molecule has 0 aliphatic carbocycles. The molecule has 0 unspecified atom stereocenters. The lowest BCUT2D eigenvalue weighted by atomic mass is 10.2. The molecular formula is C20H19BrN4. The van der Waals surface area contributed by atoms with Crippen LogP contribution in [-0.4, -0.2) is 23.8 Å². The number of hydrogen-bond acceptors (Lipinski definition) is 3. The van der Waals surface area contributed by atoms with Gasteiger partial charge in [0.15, 0.2) is 0 Å². The zero-order valence-electron chi connectivity index (χ0n) is 13.8. The smallest absolute Gasteiger partial charge is 0.135 e. The summed E-state index contributed by atoms with van der Waals surface area (Å²) < 4.78 is 3.08. The van der Waals surface area contributed by atoms with Crippen LogP contribution in [0.2, 0.25) is 0 Å². The van der Waals surface area contributed by atoms with Crippen molar-refractivity contribution in [3.8, 4) is 0 Å². The number of fused-ring (bicyclic) bond motifs is 1. The molecule has 0 aliphatic heterocycles. The van der Waals surface area contributed by atoms with Crippen molar-refractivity contribution >= 4 is 39.4 Å². The molecule has 0 aliphatic rings. The first-order valence-corrected chi connectivity index (χ1v) is 8.76. The predicted octanol–water partition coefficient (Wildman–Crippen LogP) is 4.61. The number of aromatic nitrogens is 1. The summed E-state index contributed by atoms with van der Waals surface area (Å²) in [5.41, 5.74) is 2.32. The summed E-state index contributed by atoms with van der Waals surface area (Å²) in [4.78, 5) is 8.48. The van der Waals surface area contributed by atoms with Crippen LogP contribution in [0, 0.1) is 0 Å². The highest BCUT2D eigenvalue weighted by Gasteiger charge is 2.05. The fourth-order valence-electron chi connectivity index (χ4n) is 2.56. The van der Waals surface area contributed by atoms with Gasteiger partial charge in [-0.15, -0.1) is 0 Å². The molecule has 5 heteroatoms. The molecule has 0 bridgehead atoms. The second-order valence-corrected chi connectivity index (χ2v) is 6.39. The largest absolute Gasteiger partial charge is 0.301 e. The number of allylic oxidation sites excluding steroid dienone is 1. The van der Waals surface area contributed by atoms with Crippen LogP contribution in [0.15, 0.2) is 87.5 Å². The van der Waals surface area contributed by atoms with Crippen molar-refractivity contribution < 1.29 is 0 Å². The van der Waals surface area contributed by atoms with Gasteiger partial charge in [0.25, 0.3) is 0 Å². The van der Waals surface area contributed by atoms with E-state index >= 15 is 0 Å². The number of aliphatic imine (C=N–C) groups is 2. The van der Waals surface area contributed by atoms with Crippen molar-refractivity contribution in [3.63, 3.8) is 0 Å². The Labute approximate surface area is 155 Å². The van der Waals surface area contributed by atoms with Crippen molar-refractivity contribution in [2.75, 3.05) is 6.67 Å². The first-order valence-electron chi connectivity index (χ1n) is 7.96. The fourth-order valence-corrected chi connectivity index (χ4v) is 2.91. The summed E-state index contributed by atoms with van der Waals surface area (Å²) in [6.45, 7) is 4.79. The molecular weight excluding hydrogens is 376 g/mol. The Balaban J connectivity index is 1.80. The minimum atomic E-state index is 0.513. The molecule has 126 valence electrons. The molecule has 0 fully saturated rings. The van der Waals surface area contributed by atoms with E-state index in [1.165, 1.54) is 5.56 Å². The van der Waals surface area contributed by atoms with Gasteiger partial charge in [-0.3, -0.25) is 15.3 Å². The summed E-state index contributed by atoms with van der Waals surface area (Å²) in [7, 11) is 0. The van der Waals surface area contributed by atoms with Crippen LogP contribution in [0.5, 0.6) is 0 Å². The minimum Gasteiger partial charge on any atom is -0.301 e. The van der Waals surface area contributed by atoms with Crippen LogP contribution >= 0.6 is 15.9 Å². The fraction of sp³-hybridized carbons (Fsp3) is 0.100. The Morgan fingerprint density at radius 3 is 2.80 bits per heavy atom. The molecule has 2 aromatic carbocycles. The van der Waals surface area contributed by atoms with Gasteiger partial charge in [-0.1, -0.05) is 52.3 Å². The first kappa shape index (κ1) is 17.3. The van der Waals surface area contributed by atoms with Crippen molar-refractivity contribution in [1.82, 2.24) is 9.88 Å². The van der Waals surface area contributed by atoms with Gasteiger partial charge in [0.2, 0.25) is 0 Å². The molecule has 3 rings (SSSR count). The molecule has 3 aromatic rings. The van der Waals surface area contributed by atoms with Crippen LogP contribution < -0.4 is 5.32 Å². The third-order valence-electron chi connectivity index (χ3n) is 3.76. The maximum absolute atomic E-state index is 4.68. The van der Waals surface area contributed by atoms with E-state index in [-0.39, 0.29) is 0 Å². The molecule has 1 N–H and O–H groups in total. The van der Waals surface area contributed by atoms with Gasteiger partial charge >= 0.3 is 0 Å². The summed E-state index contributed by atoms with van der Waals surface area (Å²) in [5, 5.41) is 4.50. The molecule has 0 spiro atoms. The molecule has 1 aromatic heterocycles. The number of nitrogens with one attached hydrogen (secondary N) is 1. The van der Waals surface area contributed by atoms with Crippen LogP contribution in [0.4, 0.5) is 0 Å². The molecule has 1 heterocycles. The second kappa shape index (κ2) is 8.55. The highest BCUT2D eigenvalue weighted by molar-refractivity contribution is 9.10. The number of halogens is 1. The lowest BCUT2D eigenvalue weighted by Gasteiger charge is -2.07. The Bertz CT molecular complexity index is 910. The Morgan fingerprint density at radius 1 is 1.16 bits per heavy atom. The van der Waals surface area contributed by atoms with E-state index in [2.05, 4.69) is 68.3 Å². The average molecular weight is 395 g/mol. The van der Waals surface area contributed by atoms with Crippen LogP contribution in [-0.2, 0) is 6.54 Å². The Kier molecular flexibility index (Phi) is 5.93. The van der Waals surface area contributed by atoms with Crippen LogP contribution in [0.3, 0.4) is 0 Å². The molecule has 0 radical (unpaired) electrons. The van der Waals surface area contributed by atoms with Crippen molar-refractivity contribution in [2.24, 2.45) is 9.98 Å². The molecule has 0 atom stereocenters. The van der Waals surface area contributed by atoms with E-state index < -0.39 is 0 Å². The zero-order valence-corrected chi connectivity index (χ0v) is 15.4. The van der Waals surface area contributed by atoms with Gasteiger partial charge in [0.1, 0.15) is 5.84 Å². The molecule has 0 saturated carbocycles. The Morgan fingerprint density at radius 2 is 2.00 bits per heavy atom. The average Bonchev–Trinajstić information content (AvgIpc) is 3.05. The molecule has 0 saturated heterocycles. The number of rotatable bonds is 6. The van der Waals surface area contributed by atoms with Gasteiger partial charge in [-0.2, -0.15) is 0 Å². The van der Waals surface area contributed by atoms with Gasteiger partial charge in [0.05, 0.1) is 12.2 Å². The molecule has 25 heavy (non-hydrogen) atoms. The van der Waals surface area contributed by atoms with Gasteiger partial charge in [-0.05, 0) is 36.6 Å². The SMILES string of the molecule is C=N/C=C\C(=NCNCc1ccccc1)n1ccc2ccc(Br)cc21. The molecule has 4 nitrogen and oxygen atoms in total. The summed E-state index contributed by atoms with van der Waals surface area (Å²) in [6, 6.07) is 18.5. The number of benzene rings is 2. The van der Waals surface area contributed by atoms with Gasteiger partial charge in [-0.25, -0.2) is 0 Å². The zero-order chi connectivity index (χ0) is 17.5. The van der Waals surface area contributed by atoms with E-state index in [0.29, 0.717) is 6.67 Å². The number of hydrogen-bond donors (Lipinski definition) is 1. The third-order valence-corrected chi connectivity index (χ3v) is 4.25. The lowest BCUT2D eigenvalue weighted by Crippen LogP contribution is -2.17. The van der Waals surface area contributed by atoms with E-state index in [0.717, 1.165) is 27.8 Å². The van der Waals surface area contributed by atoms with Gasteiger partial charge in [0, 0.05) is 28.8 Å². The van der Waals surface area contributed by atoms with Crippen molar-refractivity contribution in [2.45, 2.75) is 6.54 Å². The third kappa shape index (κ3) is 4.53. The minimum absolute atomic E-state index is 0.513. The second-order valence-electron chi connectivity index (χ2n) is 5.47. The van der Waals surface area contributed by atoms with E-state index in [4.69, 9.17) is 0 Å². The van der Waals surface area contributed by atoms with Crippen LogP contribution in [0.25, 0.3) is 10.9 Å². The summed E-state index contributed by atoms with van der Waals surface area (Å²) >= 11 is 3.53. The maximum atomic E-state index is 4.68. The Hall–Kier alpha value is -2.50. The maximum Gasteiger partial charge on any atom is 0.135 e. The van der Waals surface area contributed by atoms with Crippen molar-refractivity contribution in [1.29, 1.82) is 0 Å². The topological polar surface area (TPSA) is 41.7 Å². The predicted molar refractivity (Wildman–Crippen MR) is 109 cm³/mol. The standard InChI is InChI=1S/C20H19BrN4/c1-22-11-9-20(24-15-23-14-16-5-3-2-4-6-16)25-12-10-17-7-8-18(21)13-19(17)25/h2-13,23H,1,14-15H2/b11-9-,24-20?. The monoisotopic (exact) mass is 394 g/mol. The molecule has 0 amide bonds. The normalized spacial score (nSPS) is 12.1. The highest BCUT2D eigenvalue weighted by Crippen LogP contribution is 2.21. The van der Waals surface area contributed by atoms with E-state index in [1.807, 2.05) is 41.1 Å². The van der Waals surface area contributed by atoms with E-state index in [1.54, 1.807) is 6.20 Å². The quantitative estimate of drug-likeness (QED) is 0.370. The number of nitrogens with zero attached hydrogens (tertiary/aromatic N) is 3. The highest BCUT2D eigenvalue weighted by atomic mass is 79.9. The van der Waals surface area contributed by atoms with Crippen LogP contribution in [0.1, 0.15) is 5.56 Å². The summed E-state index contributed by atoms with van der Waals surface area (Å²) in [6.07, 6.45) is 5.53. The first-order chi connectivity index (χ1) is 12.3.